The number of hydrogen-bond acceptors (Lipinski definition) is 2. The van der Waals surface area contributed by atoms with E-state index in [0.717, 1.165) is 19.8 Å². The van der Waals surface area contributed by atoms with Gasteiger partial charge >= 0.3 is 0 Å². The molecule has 1 aliphatic rings. The average molecular weight is 253 g/mol. The van der Waals surface area contributed by atoms with E-state index in [2.05, 4.69) is 60.8 Å². The minimum Gasteiger partial charge on any atom is -0.375 e. The van der Waals surface area contributed by atoms with Crippen molar-refractivity contribution in [3.05, 3.63) is 70.8 Å². The maximum Gasteiger partial charge on any atom is 0.0721 e. The van der Waals surface area contributed by atoms with Gasteiger partial charge in [-0.15, -0.1) is 0 Å². The molecule has 98 valence electrons. The third kappa shape index (κ3) is 2.70. The number of aryl methyl sites for hydroxylation is 1. The summed E-state index contributed by atoms with van der Waals surface area (Å²) in [7, 11) is 0. The number of benzene rings is 2. The van der Waals surface area contributed by atoms with Crippen LogP contribution in [0.25, 0.3) is 0 Å². The predicted octanol–water partition coefficient (Wildman–Crippen LogP) is 3.36. The molecule has 2 nitrogen and oxygen atoms in total. The highest BCUT2D eigenvalue weighted by molar-refractivity contribution is 5.31. The zero-order chi connectivity index (χ0) is 13.1. The van der Waals surface area contributed by atoms with Crippen LogP contribution < -0.4 is 5.32 Å². The molecule has 1 N–H and O–H groups in total. The Morgan fingerprint density at radius 2 is 1.89 bits per heavy atom. The van der Waals surface area contributed by atoms with Crippen LogP contribution in [0, 0.1) is 6.92 Å². The third-order valence-corrected chi connectivity index (χ3v) is 3.77. The predicted molar refractivity (Wildman–Crippen MR) is 76.9 cm³/mol. The number of hydrogen-bond donors (Lipinski definition) is 1. The number of nitrogens with one attached hydrogen (secondary N) is 1. The lowest BCUT2D eigenvalue weighted by Crippen LogP contribution is -2.29. The van der Waals surface area contributed by atoms with Crippen LogP contribution in [0.3, 0.4) is 0 Å². The fraction of sp³-hybridized carbons (Fsp3) is 0.294. The van der Waals surface area contributed by atoms with Gasteiger partial charge in [0.15, 0.2) is 0 Å². The number of fused-ring (bicyclic) bond motifs is 1. The van der Waals surface area contributed by atoms with E-state index in [4.69, 9.17) is 4.74 Å². The van der Waals surface area contributed by atoms with Crippen molar-refractivity contribution >= 4 is 0 Å². The fourth-order valence-corrected chi connectivity index (χ4v) is 2.59. The Labute approximate surface area is 114 Å². The Balaban J connectivity index is 1.73. The van der Waals surface area contributed by atoms with Crippen molar-refractivity contribution in [2.75, 3.05) is 6.61 Å². The minimum absolute atomic E-state index is 0.296. The largest absolute Gasteiger partial charge is 0.375 e. The van der Waals surface area contributed by atoms with Crippen LogP contribution in [0.1, 0.15) is 28.3 Å². The summed E-state index contributed by atoms with van der Waals surface area (Å²) in [6, 6.07) is 17.3. The molecule has 0 saturated carbocycles. The van der Waals surface area contributed by atoms with Crippen LogP contribution in [0.2, 0.25) is 0 Å². The Kier molecular flexibility index (Phi) is 3.62. The molecule has 0 bridgehead atoms. The zero-order valence-corrected chi connectivity index (χ0v) is 11.2. The summed E-state index contributed by atoms with van der Waals surface area (Å²) in [5, 5.41) is 3.61. The molecule has 0 fully saturated rings. The number of rotatable bonds is 3. The first-order chi connectivity index (χ1) is 9.34. The van der Waals surface area contributed by atoms with Crippen molar-refractivity contribution in [2.45, 2.75) is 26.1 Å². The summed E-state index contributed by atoms with van der Waals surface area (Å²) in [4.78, 5) is 0. The van der Waals surface area contributed by atoms with E-state index in [0.29, 0.717) is 6.04 Å². The lowest BCUT2D eigenvalue weighted by molar-refractivity contribution is 0.0816. The van der Waals surface area contributed by atoms with Gasteiger partial charge in [-0.2, -0.15) is 0 Å². The average Bonchev–Trinajstić information content (AvgIpc) is 2.46. The van der Waals surface area contributed by atoms with Crippen molar-refractivity contribution in [3.8, 4) is 0 Å². The second-order valence-electron chi connectivity index (χ2n) is 5.07. The van der Waals surface area contributed by atoms with Gasteiger partial charge in [-0.1, -0.05) is 48.5 Å². The summed E-state index contributed by atoms with van der Waals surface area (Å²) in [6.07, 6.45) is 0. The van der Waals surface area contributed by atoms with E-state index in [9.17, 15) is 0 Å². The first-order valence-corrected chi connectivity index (χ1v) is 6.78. The number of ether oxygens (including phenoxy) is 1. The lowest BCUT2D eigenvalue weighted by atomic mass is 9.98. The fourth-order valence-electron chi connectivity index (χ4n) is 2.59. The van der Waals surface area contributed by atoms with Crippen LogP contribution in [0.5, 0.6) is 0 Å². The molecule has 0 spiro atoms. The smallest absolute Gasteiger partial charge is 0.0721 e. The van der Waals surface area contributed by atoms with Gasteiger partial charge in [0.25, 0.3) is 0 Å². The van der Waals surface area contributed by atoms with Crippen LogP contribution in [-0.2, 0) is 17.9 Å². The first kappa shape index (κ1) is 12.4. The molecular formula is C17H19NO. The summed E-state index contributed by atoms with van der Waals surface area (Å²) in [6.45, 7) is 4.53. The molecule has 2 aromatic carbocycles. The summed E-state index contributed by atoms with van der Waals surface area (Å²) < 4.78 is 5.66. The highest BCUT2D eigenvalue weighted by Gasteiger charge is 2.19. The maximum atomic E-state index is 5.66. The van der Waals surface area contributed by atoms with E-state index in [1.165, 1.54) is 22.3 Å². The van der Waals surface area contributed by atoms with Gasteiger partial charge in [-0.3, -0.25) is 0 Å². The van der Waals surface area contributed by atoms with Crippen molar-refractivity contribution in [3.63, 3.8) is 0 Å². The SMILES string of the molecule is Cc1ccccc1CNC1COCc2ccccc21. The van der Waals surface area contributed by atoms with Crippen molar-refractivity contribution in [2.24, 2.45) is 0 Å². The first-order valence-electron chi connectivity index (χ1n) is 6.78. The van der Waals surface area contributed by atoms with E-state index in [1.807, 2.05) is 0 Å². The van der Waals surface area contributed by atoms with E-state index in [-0.39, 0.29) is 0 Å². The summed E-state index contributed by atoms with van der Waals surface area (Å²) in [5.41, 5.74) is 5.36. The zero-order valence-electron chi connectivity index (χ0n) is 11.2. The molecule has 0 amide bonds. The molecule has 1 heterocycles. The Morgan fingerprint density at radius 3 is 2.79 bits per heavy atom. The van der Waals surface area contributed by atoms with Gasteiger partial charge in [0.05, 0.1) is 19.3 Å². The molecule has 0 radical (unpaired) electrons. The molecule has 1 aliphatic heterocycles. The highest BCUT2D eigenvalue weighted by Crippen LogP contribution is 2.24. The second kappa shape index (κ2) is 5.55. The molecular weight excluding hydrogens is 234 g/mol. The molecule has 1 unspecified atom stereocenters. The molecule has 1 atom stereocenters. The van der Waals surface area contributed by atoms with Crippen LogP contribution in [-0.4, -0.2) is 6.61 Å². The monoisotopic (exact) mass is 253 g/mol. The van der Waals surface area contributed by atoms with E-state index < -0.39 is 0 Å². The topological polar surface area (TPSA) is 21.3 Å². The van der Waals surface area contributed by atoms with E-state index >= 15 is 0 Å². The van der Waals surface area contributed by atoms with Gasteiger partial charge in [0, 0.05) is 6.54 Å². The van der Waals surface area contributed by atoms with E-state index in [1.54, 1.807) is 0 Å². The van der Waals surface area contributed by atoms with Gasteiger partial charge in [-0.25, -0.2) is 0 Å². The summed E-state index contributed by atoms with van der Waals surface area (Å²) in [5.74, 6) is 0. The second-order valence-corrected chi connectivity index (χ2v) is 5.07. The van der Waals surface area contributed by atoms with Gasteiger partial charge < -0.3 is 10.1 Å². The third-order valence-electron chi connectivity index (χ3n) is 3.77. The molecule has 19 heavy (non-hydrogen) atoms. The van der Waals surface area contributed by atoms with Gasteiger partial charge in [-0.05, 0) is 29.2 Å². The molecule has 0 aromatic heterocycles. The normalized spacial score (nSPS) is 18.1. The van der Waals surface area contributed by atoms with Crippen molar-refractivity contribution < 1.29 is 4.74 Å². The lowest BCUT2D eigenvalue weighted by Gasteiger charge is -2.27. The van der Waals surface area contributed by atoms with Crippen LogP contribution >= 0.6 is 0 Å². The molecule has 2 aromatic rings. The minimum atomic E-state index is 0.296. The molecule has 3 rings (SSSR count). The van der Waals surface area contributed by atoms with Crippen LogP contribution in [0.15, 0.2) is 48.5 Å². The molecule has 2 heteroatoms. The van der Waals surface area contributed by atoms with Gasteiger partial charge in [0.1, 0.15) is 0 Å². The molecule has 0 aliphatic carbocycles. The Hall–Kier alpha value is -1.64. The highest BCUT2D eigenvalue weighted by atomic mass is 16.5. The standard InChI is InChI=1S/C17H19NO/c1-13-6-2-3-7-14(13)10-18-17-12-19-11-15-8-4-5-9-16(15)17/h2-9,17-18H,10-12H2,1H3. The van der Waals surface area contributed by atoms with Crippen molar-refractivity contribution in [1.29, 1.82) is 0 Å². The summed E-state index contributed by atoms with van der Waals surface area (Å²) >= 11 is 0. The Morgan fingerprint density at radius 1 is 1.11 bits per heavy atom. The molecule has 0 saturated heterocycles. The van der Waals surface area contributed by atoms with Crippen molar-refractivity contribution in [1.82, 2.24) is 5.32 Å². The maximum absolute atomic E-state index is 5.66. The van der Waals surface area contributed by atoms with Gasteiger partial charge in [0.2, 0.25) is 0 Å². The Bertz CT molecular complexity index is 565. The quantitative estimate of drug-likeness (QED) is 0.905. The van der Waals surface area contributed by atoms with Crippen LogP contribution in [0.4, 0.5) is 0 Å².